The molecule has 0 atom stereocenters. The molecule has 6 heteroatoms. The minimum absolute atomic E-state index is 0.228. The molecule has 5 nitrogen and oxygen atoms in total. The van der Waals surface area contributed by atoms with E-state index in [2.05, 4.69) is 5.10 Å². The summed E-state index contributed by atoms with van der Waals surface area (Å²) in [6.45, 7) is 3.81. The van der Waals surface area contributed by atoms with Crippen molar-refractivity contribution in [1.29, 1.82) is 0 Å². The van der Waals surface area contributed by atoms with Crippen molar-refractivity contribution in [2.24, 2.45) is 0 Å². The number of carboxylic acids is 1. The minimum atomic E-state index is -0.974. The van der Waals surface area contributed by atoms with Crippen molar-refractivity contribution in [1.82, 2.24) is 14.8 Å². The topological polar surface area (TPSA) is 68.0 Å². The molecule has 0 spiro atoms. The largest absolute Gasteiger partial charge is 0.478 e. The molecule has 1 aromatic carbocycles. The van der Waals surface area contributed by atoms with Crippen molar-refractivity contribution in [3.63, 3.8) is 0 Å². The third-order valence-electron chi connectivity index (χ3n) is 4.16. The van der Waals surface area contributed by atoms with Gasteiger partial charge >= 0.3 is 5.97 Å². The van der Waals surface area contributed by atoms with Gasteiger partial charge in [-0.15, -0.1) is 11.3 Å². The van der Waals surface area contributed by atoms with Crippen LogP contribution in [0.25, 0.3) is 27.3 Å². The van der Waals surface area contributed by atoms with Gasteiger partial charge in [0.05, 0.1) is 32.9 Å². The van der Waals surface area contributed by atoms with E-state index in [1.54, 1.807) is 10.7 Å². The quantitative estimate of drug-likeness (QED) is 0.593. The lowest BCUT2D eigenvalue weighted by molar-refractivity contribution is 0.0699. The van der Waals surface area contributed by atoms with Gasteiger partial charge < -0.3 is 5.11 Å². The number of carbonyl (C=O) groups is 1. The summed E-state index contributed by atoms with van der Waals surface area (Å²) in [5, 5.41) is 16.8. The molecule has 0 unspecified atom stereocenters. The van der Waals surface area contributed by atoms with Crippen molar-refractivity contribution in [3.8, 4) is 16.3 Å². The van der Waals surface area contributed by atoms with Crippen LogP contribution in [0, 0.1) is 13.8 Å². The maximum Gasteiger partial charge on any atom is 0.336 e. The van der Waals surface area contributed by atoms with Crippen LogP contribution >= 0.6 is 11.3 Å². The van der Waals surface area contributed by atoms with Gasteiger partial charge in [0, 0.05) is 0 Å². The SMILES string of the molecule is Cc1ccccc1-n1nc(C)c2c(C(=O)O)cc(-c3cccs3)nc21. The van der Waals surface area contributed by atoms with Crippen molar-refractivity contribution in [2.75, 3.05) is 0 Å². The van der Waals surface area contributed by atoms with Crippen LogP contribution in [0.5, 0.6) is 0 Å². The summed E-state index contributed by atoms with van der Waals surface area (Å²) in [5.74, 6) is -0.974. The number of carboxylic acid groups (broad SMARTS) is 1. The van der Waals surface area contributed by atoms with Gasteiger partial charge in [-0.3, -0.25) is 0 Å². The first kappa shape index (κ1) is 15.5. The Morgan fingerprint density at radius 3 is 2.64 bits per heavy atom. The molecule has 0 fully saturated rings. The Bertz CT molecular complexity index is 1100. The molecule has 0 amide bonds. The highest BCUT2D eigenvalue weighted by Crippen LogP contribution is 2.31. The molecule has 0 aliphatic rings. The smallest absolute Gasteiger partial charge is 0.336 e. The second-order valence-electron chi connectivity index (χ2n) is 5.82. The van der Waals surface area contributed by atoms with Gasteiger partial charge in [-0.05, 0) is 43.0 Å². The fourth-order valence-corrected chi connectivity index (χ4v) is 3.66. The van der Waals surface area contributed by atoms with Crippen molar-refractivity contribution in [2.45, 2.75) is 13.8 Å². The number of hydrogen-bond donors (Lipinski definition) is 1. The average molecular weight is 349 g/mol. The van der Waals surface area contributed by atoms with E-state index in [-0.39, 0.29) is 5.56 Å². The summed E-state index contributed by atoms with van der Waals surface area (Å²) in [6, 6.07) is 13.4. The van der Waals surface area contributed by atoms with Gasteiger partial charge in [0.25, 0.3) is 0 Å². The lowest BCUT2D eigenvalue weighted by Gasteiger charge is -2.08. The fourth-order valence-electron chi connectivity index (χ4n) is 2.98. The van der Waals surface area contributed by atoms with E-state index in [0.29, 0.717) is 22.4 Å². The van der Waals surface area contributed by atoms with Crippen molar-refractivity contribution in [3.05, 3.63) is 64.7 Å². The fraction of sp³-hybridized carbons (Fsp3) is 0.105. The van der Waals surface area contributed by atoms with E-state index in [4.69, 9.17) is 4.98 Å². The molecule has 0 aliphatic heterocycles. The number of fused-ring (bicyclic) bond motifs is 1. The zero-order valence-corrected chi connectivity index (χ0v) is 14.5. The van der Waals surface area contributed by atoms with E-state index in [0.717, 1.165) is 16.1 Å². The van der Waals surface area contributed by atoms with Crippen LogP contribution in [-0.2, 0) is 0 Å². The number of pyridine rings is 1. The van der Waals surface area contributed by atoms with E-state index in [9.17, 15) is 9.90 Å². The predicted octanol–water partition coefficient (Wildman–Crippen LogP) is 4.46. The van der Waals surface area contributed by atoms with Gasteiger partial charge in [-0.25, -0.2) is 14.5 Å². The van der Waals surface area contributed by atoms with Gasteiger partial charge in [-0.2, -0.15) is 5.10 Å². The summed E-state index contributed by atoms with van der Waals surface area (Å²) in [5.41, 5.74) is 4.04. The number of aryl methyl sites for hydroxylation is 2. The average Bonchev–Trinajstić information content (AvgIpc) is 3.23. The Morgan fingerprint density at radius 2 is 1.96 bits per heavy atom. The molecule has 4 aromatic rings. The summed E-state index contributed by atoms with van der Waals surface area (Å²) in [6.07, 6.45) is 0. The van der Waals surface area contributed by atoms with Crippen molar-refractivity contribution < 1.29 is 9.90 Å². The zero-order valence-electron chi connectivity index (χ0n) is 13.7. The Labute approximate surface area is 148 Å². The van der Waals surface area contributed by atoms with Crippen LogP contribution in [0.4, 0.5) is 0 Å². The predicted molar refractivity (Wildman–Crippen MR) is 98.6 cm³/mol. The number of hydrogen-bond acceptors (Lipinski definition) is 4. The molecule has 3 heterocycles. The first-order valence-corrected chi connectivity index (χ1v) is 8.68. The summed E-state index contributed by atoms with van der Waals surface area (Å²) < 4.78 is 1.74. The Morgan fingerprint density at radius 1 is 1.16 bits per heavy atom. The number of rotatable bonds is 3. The molecule has 0 saturated carbocycles. The first-order valence-electron chi connectivity index (χ1n) is 7.80. The number of nitrogens with zero attached hydrogens (tertiary/aromatic N) is 3. The number of thiophene rings is 1. The van der Waals surface area contributed by atoms with E-state index in [1.807, 2.05) is 55.6 Å². The lowest BCUT2D eigenvalue weighted by Crippen LogP contribution is -2.03. The molecule has 3 aromatic heterocycles. The van der Waals surface area contributed by atoms with Gasteiger partial charge in [0.2, 0.25) is 0 Å². The molecule has 0 bridgehead atoms. The molecule has 0 aliphatic carbocycles. The molecule has 25 heavy (non-hydrogen) atoms. The van der Waals surface area contributed by atoms with Crippen LogP contribution in [0.15, 0.2) is 47.8 Å². The molecule has 0 saturated heterocycles. The van der Waals surface area contributed by atoms with Crippen LogP contribution in [-0.4, -0.2) is 25.8 Å². The van der Waals surface area contributed by atoms with E-state index in [1.165, 1.54) is 11.3 Å². The zero-order chi connectivity index (χ0) is 17.6. The van der Waals surface area contributed by atoms with Crippen LogP contribution in [0.3, 0.4) is 0 Å². The third-order valence-corrected chi connectivity index (χ3v) is 5.05. The van der Waals surface area contributed by atoms with Gasteiger partial charge in [-0.1, -0.05) is 24.3 Å². The highest BCUT2D eigenvalue weighted by molar-refractivity contribution is 7.13. The molecule has 0 radical (unpaired) electrons. The van der Waals surface area contributed by atoms with Crippen LogP contribution in [0.1, 0.15) is 21.6 Å². The normalized spacial score (nSPS) is 11.1. The molecule has 124 valence electrons. The van der Waals surface area contributed by atoms with Crippen LogP contribution in [0.2, 0.25) is 0 Å². The standard InChI is InChI=1S/C19H15N3O2S/c1-11-6-3-4-7-15(11)22-18-17(12(2)21-22)13(19(23)24)10-14(20-18)16-8-5-9-25-16/h3-10H,1-2H3,(H,23,24). The summed E-state index contributed by atoms with van der Waals surface area (Å²) in [7, 11) is 0. The lowest BCUT2D eigenvalue weighted by atomic mass is 10.1. The first-order chi connectivity index (χ1) is 12.1. The Balaban J connectivity index is 2.10. The Hall–Kier alpha value is -2.99. The summed E-state index contributed by atoms with van der Waals surface area (Å²) >= 11 is 1.53. The monoisotopic (exact) mass is 349 g/mol. The second kappa shape index (κ2) is 5.82. The van der Waals surface area contributed by atoms with Gasteiger partial charge in [0.1, 0.15) is 0 Å². The highest BCUT2D eigenvalue weighted by atomic mass is 32.1. The minimum Gasteiger partial charge on any atom is -0.478 e. The number of aromatic nitrogens is 3. The highest BCUT2D eigenvalue weighted by Gasteiger charge is 2.21. The third kappa shape index (κ3) is 2.51. The molecular formula is C19H15N3O2S. The van der Waals surface area contributed by atoms with E-state index >= 15 is 0 Å². The number of para-hydroxylation sites is 1. The van der Waals surface area contributed by atoms with E-state index < -0.39 is 5.97 Å². The second-order valence-corrected chi connectivity index (χ2v) is 6.77. The Kier molecular flexibility index (Phi) is 3.62. The van der Waals surface area contributed by atoms with Crippen molar-refractivity contribution >= 4 is 28.3 Å². The maximum atomic E-state index is 11.8. The van der Waals surface area contributed by atoms with Crippen LogP contribution < -0.4 is 0 Å². The number of benzene rings is 1. The number of aromatic carboxylic acids is 1. The molecular weight excluding hydrogens is 334 g/mol. The van der Waals surface area contributed by atoms with Gasteiger partial charge in [0.15, 0.2) is 5.65 Å². The summed E-state index contributed by atoms with van der Waals surface area (Å²) in [4.78, 5) is 17.5. The maximum absolute atomic E-state index is 11.8. The molecule has 1 N–H and O–H groups in total. The molecule has 4 rings (SSSR count).